The number of amides is 2. The summed E-state index contributed by atoms with van der Waals surface area (Å²) in [7, 11) is 0. The molecule has 0 spiro atoms. The Balaban J connectivity index is 1.98. The van der Waals surface area contributed by atoms with Crippen LogP contribution in [0.1, 0.15) is 53.2 Å². The molecular formula is C22H30ClN3O4. The number of halogens is 1. The predicted molar refractivity (Wildman–Crippen MR) is 116 cm³/mol. The Bertz CT molecular complexity index is 852. The van der Waals surface area contributed by atoms with E-state index in [1.165, 1.54) is 6.26 Å². The summed E-state index contributed by atoms with van der Waals surface area (Å²) in [5.74, 6) is 0.235. The topological polar surface area (TPSA) is 93.5 Å². The highest BCUT2D eigenvalue weighted by molar-refractivity contribution is 6.30. The number of carbonyl (C=O) groups is 2. The fourth-order valence-electron chi connectivity index (χ4n) is 2.89. The Kier molecular flexibility index (Phi) is 7.89. The molecule has 1 aromatic heterocycles. The van der Waals surface area contributed by atoms with Gasteiger partial charge >= 0.3 is 6.09 Å². The summed E-state index contributed by atoms with van der Waals surface area (Å²) in [4.78, 5) is 29.0. The molecule has 0 saturated carbocycles. The Labute approximate surface area is 182 Å². The van der Waals surface area contributed by atoms with Crippen molar-refractivity contribution in [3.8, 4) is 11.5 Å². The molecule has 0 bridgehead atoms. The molecule has 0 aliphatic rings. The maximum absolute atomic E-state index is 12.7. The van der Waals surface area contributed by atoms with Crippen LogP contribution in [0.3, 0.4) is 0 Å². The van der Waals surface area contributed by atoms with Gasteiger partial charge in [-0.15, -0.1) is 0 Å². The number of carbonyl (C=O) groups excluding carboxylic acids is 2. The van der Waals surface area contributed by atoms with Crippen molar-refractivity contribution >= 4 is 23.6 Å². The number of hydrogen-bond acceptors (Lipinski definition) is 5. The summed E-state index contributed by atoms with van der Waals surface area (Å²) in [6.45, 7) is 9.62. The Hall–Kier alpha value is -2.54. The summed E-state index contributed by atoms with van der Waals surface area (Å²) in [6, 6.07) is 7.11. The van der Waals surface area contributed by atoms with E-state index in [1.54, 1.807) is 45.0 Å². The van der Waals surface area contributed by atoms with Crippen LogP contribution in [0.4, 0.5) is 4.79 Å². The SMILES string of the molecule is CCC(CC)(CNC(=O)OC(C)(C)C)NC(=O)Cc1coc(-c2ccc(Cl)cc2)n1. The van der Waals surface area contributed by atoms with Crippen LogP contribution in [0.25, 0.3) is 11.5 Å². The minimum absolute atomic E-state index is 0.0747. The number of benzene rings is 1. The van der Waals surface area contributed by atoms with Gasteiger partial charge in [-0.2, -0.15) is 0 Å². The van der Waals surface area contributed by atoms with E-state index in [2.05, 4.69) is 15.6 Å². The molecule has 0 radical (unpaired) electrons. The maximum Gasteiger partial charge on any atom is 0.407 e. The molecule has 0 saturated heterocycles. The van der Waals surface area contributed by atoms with E-state index in [0.29, 0.717) is 29.4 Å². The first-order chi connectivity index (χ1) is 14.1. The molecule has 1 aromatic carbocycles. The number of ether oxygens (including phenoxy) is 1. The molecule has 0 fully saturated rings. The van der Waals surface area contributed by atoms with Gasteiger partial charge in [-0.05, 0) is 57.9 Å². The highest BCUT2D eigenvalue weighted by Crippen LogP contribution is 2.21. The first kappa shape index (κ1) is 23.7. The number of nitrogens with one attached hydrogen (secondary N) is 2. The van der Waals surface area contributed by atoms with Gasteiger partial charge in [0.05, 0.1) is 17.7 Å². The van der Waals surface area contributed by atoms with E-state index in [4.69, 9.17) is 20.8 Å². The van der Waals surface area contributed by atoms with Gasteiger partial charge in [0.1, 0.15) is 11.9 Å². The molecular weight excluding hydrogens is 406 g/mol. The predicted octanol–water partition coefficient (Wildman–Crippen LogP) is 4.74. The largest absolute Gasteiger partial charge is 0.444 e. The molecule has 2 aromatic rings. The van der Waals surface area contributed by atoms with Crippen LogP contribution >= 0.6 is 11.6 Å². The normalized spacial score (nSPS) is 11.8. The van der Waals surface area contributed by atoms with E-state index >= 15 is 0 Å². The van der Waals surface area contributed by atoms with E-state index in [1.807, 2.05) is 13.8 Å². The van der Waals surface area contributed by atoms with Crippen molar-refractivity contribution in [3.05, 3.63) is 41.2 Å². The van der Waals surface area contributed by atoms with Crippen molar-refractivity contribution in [1.29, 1.82) is 0 Å². The maximum atomic E-state index is 12.7. The summed E-state index contributed by atoms with van der Waals surface area (Å²) in [5, 5.41) is 6.43. The van der Waals surface area contributed by atoms with Crippen molar-refractivity contribution in [3.63, 3.8) is 0 Å². The van der Waals surface area contributed by atoms with Crippen LogP contribution in [0, 0.1) is 0 Å². The lowest BCUT2D eigenvalue weighted by Crippen LogP contribution is -2.55. The van der Waals surface area contributed by atoms with Gasteiger partial charge in [0.15, 0.2) is 0 Å². The zero-order chi connectivity index (χ0) is 22.4. The number of hydrogen-bond donors (Lipinski definition) is 2. The van der Waals surface area contributed by atoms with Crippen LogP contribution < -0.4 is 10.6 Å². The smallest absolute Gasteiger partial charge is 0.407 e. The molecule has 0 atom stereocenters. The van der Waals surface area contributed by atoms with Crippen LogP contribution in [0.2, 0.25) is 5.02 Å². The lowest BCUT2D eigenvalue weighted by Gasteiger charge is -2.33. The third kappa shape index (κ3) is 7.06. The number of alkyl carbamates (subject to hydrolysis) is 1. The standard InChI is InChI=1S/C22H30ClN3O4/c1-6-22(7-2,14-24-20(28)30-21(3,4)5)26-18(27)12-17-13-29-19(25-17)15-8-10-16(23)11-9-15/h8-11,13H,6-7,12,14H2,1-5H3,(H,24,28)(H,26,27). The van der Waals surface area contributed by atoms with Crippen LogP contribution in [-0.2, 0) is 16.0 Å². The van der Waals surface area contributed by atoms with Gasteiger partial charge in [0.2, 0.25) is 11.8 Å². The first-order valence-corrected chi connectivity index (χ1v) is 10.4. The second-order valence-electron chi connectivity index (χ2n) is 8.22. The zero-order valence-corrected chi connectivity index (χ0v) is 18.9. The number of rotatable bonds is 8. The van der Waals surface area contributed by atoms with Gasteiger partial charge < -0.3 is 19.8 Å². The Morgan fingerprint density at radius 1 is 1.13 bits per heavy atom. The van der Waals surface area contributed by atoms with Gasteiger partial charge in [-0.25, -0.2) is 9.78 Å². The summed E-state index contributed by atoms with van der Waals surface area (Å²) in [6.07, 6.45) is 2.35. The highest BCUT2D eigenvalue weighted by Gasteiger charge is 2.30. The lowest BCUT2D eigenvalue weighted by atomic mass is 9.92. The summed E-state index contributed by atoms with van der Waals surface area (Å²) < 4.78 is 10.8. The second-order valence-corrected chi connectivity index (χ2v) is 8.66. The van der Waals surface area contributed by atoms with E-state index in [9.17, 15) is 9.59 Å². The summed E-state index contributed by atoms with van der Waals surface area (Å²) in [5.41, 5.74) is 0.155. The van der Waals surface area contributed by atoms with Crippen LogP contribution in [0.5, 0.6) is 0 Å². The lowest BCUT2D eigenvalue weighted by molar-refractivity contribution is -0.122. The van der Waals surface area contributed by atoms with Gasteiger partial charge in [-0.1, -0.05) is 25.4 Å². The van der Waals surface area contributed by atoms with E-state index < -0.39 is 17.2 Å². The van der Waals surface area contributed by atoms with Crippen molar-refractivity contribution in [2.75, 3.05) is 6.54 Å². The quantitative estimate of drug-likeness (QED) is 0.624. The average Bonchev–Trinajstić information content (AvgIpc) is 3.12. The first-order valence-electron chi connectivity index (χ1n) is 10.0. The average molecular weight is 436 g/mol. The third-order valence-corrected chi connectivity index (χ3v) is 4.96. The molecule has 0 aliphatic carbocycles. The van der Waals surface area contributed by atoms with E-state index in [0.717, 1.165) is 5.56 Å². The van der Waals surface area contributed by atoms with Crippen LogP contribution in [0.15, 0.2) is 34.9 Å². The van der Waals surface area contributed by atoms with Crippen LogP contribution in [-0.4, -0.2) is 34.7 Å². The molecule has 30 heavy (non-hydrogen) atoms. The molecule has 0 aliphatic heterocycles. The summed E-state index contributed by atoms with van der Waals surface area (Å²) >= 11 is 5.90. The second kappa shape index (κ2) is 9.98. The van der Waals surface area contributed by atoms with Gasteiger partial charge in [0.25, 0.3) is 0 Å². The molecule has 1 heterocycles. The molecule has 2 amide bonds. The minimum Gasteiger partial charge on any atom is -0.444 e. The van der Waals surface area contributed by atoms with Crippen molar-refractivity contribution in [2.24, 2.45) is 0 Å². The molecule has 7 nitrogen and oxygen atoms in total. The number of nitrogens with zero attached hydrogens (tertiary/aromatic N) is 1. The van der Waals surface area contributed by atoms with Crippen molar-refractivity contribution < 1.29 is 18.7 Å². The van der Waals surface area contributed by atoms with Gasteiger partial charge in [0, 0.05) is 17.1 Å². The number of oxazole rings is 1. The fourth-order valence-corrected chi connectivity index (χ4v) is 3.02. The van der Waals surface area contributed by atoms with Crippen molar-refractivity contribution in [2.45, 2.75) is 65.0 Å². The molecule has 0 unspecified atom stereocenters. The fraction of sp³-hybridized carbons (Fsp3) is 0.500. The highest BCUT2D eigenvalue weighted by atomic mass is 35.5. The van der Waals surface area contributed by atoms with Crippen molar-refractivity contribution in [1.82, 2.24) is 15.6 Å². The molecule has 2 N–H and O–H groups in total. The monoisotopic (exact) mass is 435 g/mol. The number of aromatic nitrogens is 1. The Morgan fingerprint density at radius 2 is 1.77 bits per heavy atom. The molecule has 164 valence electrons. The molecule has 8 heteroatoms. The minimum atomic E-state index is -0.580. The van der Waals surface area contributed by atoms with E-state index in [-0.39, 0.29) is 18.9 Å². The Morgan fingerprint density at radius 3 is 2.33 bits per heavy atom. The zero-order valence-electron chi connectivity index (χ0n) is 18.2. The third-order valence-electron chi connectivity index (χ3n) is 4.71. The van der Waals surface area contributed by atoms with Gasteiger partial charge in [-0.3, -0.25) is 4.79 Å². The molecule has 2 rings (SSSR count).